The first-order valence-electron chi connectivity index (χ1n) is 8.91. The van der Waals surface area contributed by atoms with E-state index in [1.807, 2.05) is 49.4 Å². The molecule has 0 saturated carbocycles. The van der Waals surface area contributed by atoms with Crippen LogP contribution in [0.5, 0.6) is 0 Å². The van der Waals surface area contributed by atoms with Gasteiger partial charge in [0.1, 0.15) is 0 Å². The van der Waals surface area contributed by atoms with E-state index in [1.54, 1.807) is 18.2 Å². The van der Waals surface area contributed by atoms with Crippen LogP contribution in [0.3, 0.4) is 0 Å². The van der Waals surface area contributed by atoms with Crippen LogP contribution in [0.4, 0.5) is 5.69 Å². The Morgan fingerprint density at radius 1 is 0.964 bits per heavy atom. The smallest absolute Gasteiger partial charge is 0.270 e. The van der Waals surface area contributed by atoms with Crippen molar-refractivity contribution in [2.24, 2.45) is 0 Å². The van der Waals surface area contributed by atoms with E-state index in [0.717, 1.165) is 16.7 Å². The van der Waals surface area contributed by atoms with Crippen molar-refractivity contribution in [3.05, 3.63) is 106 Å². The number of nitrogens with one attached hydrogen (secondary N) is 1. The van der Waals surface area contributed by atoms with Crippen LogP contribution < -0.4 is 5.32 Å². The number of nitro groups is 1. The van der Waals surface area contributed by atoms with Crippen molar-refractivity contribution in [3.8, 4) is 11.1 Å². The number of hydrogen-bond donors (Lipinski definition) is 1. The molecule has 3 aromatic rings. The minimum absolute atomic E-state index is 0.00516. The van der Waals surface area contributed by atoms with Gasteiger partial charge in [0, 0.05) is 18.2 Å². The molecule has 28 heavy (non-hydrogen) atoms. The number of amides is 1. The van der Waals surface area contributed by atoms with Gasteiger partial charge in [0.05, 0.1) is 11.0 Å². The van der Waals surface area contributed by atoms with Gasteiger partial charge in [-0.25, -0.2) is 0 Å². The van der Waals surface area contributed by atoms with Gasteiger partial charge in [-0.3, -0.25) is 14.9 Å². The largest absolute Gasteiger partial charge is 0.346 e. The molecule has 0 saturated heterocycles. The van der Waals surface area contributed by atoms with Crippen LogP contribution >= 0.6 is 0 Å². The second-order valence-electron chi connectivity index (χ2n) is 6.40. The van der Waals surface area contributed by atoms with Crippen LogP contribution in [-0.2, 0) is 4.79 Å². The topological polar surface area (TPSA) is 72.2 Å². The first kappa shape index (κ1) is 19.0. The average molecular weight is 372 g/mol. The lowest BCUT2D eigenvalue weighted by molar-refractivity contribution is -0.384. The Morgan fingerprint density at radius 3 is 2.32 bits per heavy atom. The van der Waals surface area contributed by atoms with Crippen LogP contribution in [0.25, 0.3) is 17.2 Å². The number of hydrogen-bond acceptors (Lipinski definition) is 3. The molecule has 0 heterocycles. The molecule has 0 spiro atoms. The molecule has 0 aliphatic heterocycles. The minimum Gasteiger partial charge on any atom is -0.346 e. The Labute approximate surface area is 163 Å². The molecular weight excluding hydrogens is 352 g/mol. The first-order chi connectivity index (χ1) is 13.5. The zero-order valence-electron chi connectivity index (χ0n) is 15.4. The van der Waals surface area contributed by atoms with Crippen LogP contribution in [0.15, 0.2) is 84.9 Å². The van der Waals surface area contributed by atoms with E-state index < -0.39 is 4.92 Å². The monoisotopic (exact) mass is 372 g/mol. The molecule has 140 valence electrons. The van der Waals surface area contributed by atoms with E-state index in [4.69, 9.17) is 0 Å². The van der Waals surface area contributed by atoms with Crippen LogP contribution in [0, 0.1) is 10.1 Å². The maximum atomic E-state index is 12.2. The second-order valence-corrected chi connectivity index (χ2v) is 6.40. The molecule has 0 aliphatic rings. The molecule has 0 fully saturated rings. The number of rotatable bonds is 6. The molecule has 3 aromatic carbocycles. The highest BCUT2D eigenvalue weighted by atomic mass is 16.6. The molecular formula is C23H20N2O3. The third kappa shape index (κ3) is 4.92. The number of nitrogens with zero attached hydrogens (tertiary/aromatic N) is 1. The highest BCUT2D eigenvalue weighted by Gasteiger charge is 2.08. The molecule has 5 nitrogen and oxygen atoms in total. The van der Waals surface area contributed by atoms with E-state index in [2.05, 4.69) is 17.4 Å². The standard InChI is InChI=1S/C23H20N2O3/c1-17(19-11-13-21(14-12-19)20-7-3-2-4-8-20)24-23(26)15-10-18-6-5-9-22(16-18)25(27)28/h2-17H,1H3,(H,24,26)/b15-10+/t17-/m0/s1. The third-order valence-corrected chi connectivity index (χ3v) is 4.38. The Kier molecular flexibility index (Phi) is 5.97. The highest BCUT2D eigenvalue weighted by molar-refractivity contribution is 5.92. The molecule has 0 bridgehead atoms. The van der Waals surface area contributed by atoms with Gasteiger partial charge in [-0.15, -0.1) is 0 Å². The maximum Gasteiger partial charge on any atom is 0.270 e. The third-order valence-electron chi connectivity index (χ3n) is 4.38. The van der Waals surface area contributed by atoms with Gasteiger partial charge in [-0.2, -0.15) is 0 Å². The Bertz CT molecular complexity index is 996. The Morgan fingerprint density at radius 2 is 1.64 bits per heavy atom. The van der Waals surface area contributed by atoms with E-state index in [0.29, 0.717) is 5.56 Å². The number of non-ortho nitro benzene ring substituents is 1. The SMILES string of the molecule is C[C@H](NC(=O)/C=C/c1cccc([N+](=O)[O-])c1)c1ccc(-c2ccccc2)cc1. The van der Waals surface area contributed by atoms with Crippen molar-refractivity contribution in [2.45, 2.75) is 13.0 Å². The van der Waals surface area contributed by atoms with Crippen molar-refractivity contribution in [3.63, 3.8) is 0 Å². The van der Waals surface area contributed by atoms with Gasteiger partial charge >= 0.3 is 0 Å². The lowest BCUT2D eigenvalue weighted by atomic mass is 10.0. The molecule has 1 atom stereocenters. The lowest BCUT2D eigenvalue weighted by Crippen LogP contribution is -2.24. The van der Waals surface area contributed by atoms with Crippen molar-refractivity contribution in [1.82, 2.24) is 5.32 Å². The molecule has 5 heteroatoms. The second kappa shape index (κ2) is 8.77. The summed E-state index contributed by atoms with van der Waals surface area (Å²) >= 11 is 0. The summed E-state index contributed by atoms with van der Waals surface area (Å²) in [5, 5.41) is 13.7. The fraction of sp³-hybridized carbons (Fsp3) is 0.0870. The molecule has 1 N–H and O–H groups in total. The summed E-state index contributed by atoms with van der Waals surface area (Å²) in [5.41, 5.74) is 3.86. The van der Waals surface area contributed by atoms with Gasteiger partial charge in [0.25, 0.3) is 5.69 Å². The van der Waals surface area contributed by atoms with Crippen molar-refractivity contribution in [1.29, 1.82) is 0 Å². The van der Waals surface area contributed by atoms with E-state index in [9.17, 15) is 14.9 Å². The van der Waals surface area contributed by atoms with Crippen molar-refractivity contribution >= 4 is 17.7 Å². The van der Waals surface area contributed by atoms with Crippen molar-refractivity contribution in [2.75, 3.05) is 0 Å². The highest BCUT2D eigenvalue weighted by Crippen LogP contribution is 2.22. The van der Waals surface area contributed by atoms with Crippen LogP contribution in [-0.4, -0.2) is 10.8 Å². The van der Waals surface area contributed by atoms with Gasteiger partial charge in [-0.05, 0) is 35.3 Å². The predicted molar refractivity (Wildman–Crippen MR) is 111 cm³/mol. The number of nitro benzene ring substituents is 1. The molecule has 0 radical (unpaired) electrons. The normalized spacial score (nSPS) is 11.9. The molecule has 1 amide bonds. The van der Waals surface area contributed by atoms with Gasteiger partial charge in [0.2, 0.25) is 5.91 Å². The summed E-state index contributed by atoms with van der Waals surface area (Å²) in [6, 6.07) is 24.1. The van der Waals surface area contributed by atoms with Gasteiger partial charge in [-0.1, -0.05) is 66.7 Å². The lowest BCUT2D eigenvalue weighted by Gasteiger charge is -2.13. The fourth-order valence-corrected chi connectivity index (χ4v) is 2.85. The Hall–Kier alpha value is -3.73. The van der Waals surface area contributed by atoms with Gasteiger partial charge in [0.15, 0.2) is 0 Å². The predicted octanol–water partition coefficient (Wildman–Crippen LogP) is 5.15. The van der Waals surface area contributed by atoms with E-state index in [1.165, 1.54) is 18.2 Å². The zero-order valence-corrected chi connectivity index (χ0v) is 15.4. The molecule has 3 rings (SSSR count). The number of carbonyl (C=O) groups excluding carboxylic acids is 1. The van der Waals surface area contributed by atoms with Crippen LogP contribution in [0.2, 0.25) is 0 Å². The quantitative estimate of drug-likeness (QED) is 0.369. The molecule has 0 unspecified atom stereocenters. The Balaban J connectivity index is 1.62. The van der Waals surface area contributed by atoms with E-state index >= 15 is 0 Å². The summed E-state index contributed by atoms with van der Waals surface area (Å²) in [4.78, 5) is 22.5. The fourth-order valence-electron chi connectivity index (χ4n) is 2.85. The van der Waals surface area contributed by atoms with Crippen molar-refractivity contribution < 1.29 is 9.72 Å². The minimum atomic E-state index is -0.460. The maximum absolute atomic E-state index is 12.2. The summed E-state index contributed by atoms with van der Waals surface area (Å²) in [6.45, 7) is 1.91. The first-order valence-corrected chi connectivity index (χ1v) is 8.91. The average Bonchev–Trinajstić information content (AvgIpc) is 2.73. The summed E-state index contributed by atoms with van der Waals surface area (Å²) in [6.07, 6.45) is 2.95. The number of carbonyl (C=O) groups is 1. The van der Waals surface area contributed by atoms with E-state index in [-0.39, 0.29) is 17.6 Å². The summed E-state index contributed by atoms with van der Waals surface area (Å²) in [7, 11) is 0. The summed E-state index contributed by atoms with van der Waals surface area (Å²) in [5.74, 6) is -0.258. The summed E-state index contributed by atoms with van der Waals surface area (Å²) < 4.78 is 0. The zero-order chi connectivity index (χ0) is 19.9. The number of benzene rings is 3. The molecule has 0 aliphatic carbocycles. The van der Waals surface area contributed by atoms with Crippen LogP contribution in [0.1, 0.15) is 24.1 Å². The van der Waals surface area contributed by atoms with Gasteiger partial charge < -0.3 is 5.32 Å². The molecule has 0 aromatic heterocycles.